The number of carbonyl (C=O) groups is 2. The predicted octanol–water partition coefficient (Wildman–Crippen LogP) is 4.94. The molecule has 0 radical (unpaired) electrons. The maximum absolute atomic E-state index is 14.2. The van der Waals surface area contributed by atoms with Crippen molar-refractivity contribution in [3.63, 3.8) is 0 Å². The lowest BCUT2D eigenvalue weighted by Crippen LogP contribution is -2.54. The van der Waals surface area contributed by atoms with Gasteiger partial charge in [-0.1, -0.05) is 24.3 Å². The molecule has 0 aromatic heterocycles. The van der Waals surface area contributed by atoms with Crippen LogP contribution in [0.2, 0.25) is 0 Å². The summed E-state index contributed by atoms with van der Waals surface area (Å²) in [7, 11) is -1.44. The Morgan fingerprint density at radius 1 is 0.932 bits per heavy atom. The summed E-state index contributed by atoms with van der Waals surface area (Å²) in [6, 6.07) is 17.4. The van der Waals surface area contributed by atoms with Crippen LogP contribution in [0, 0.1) is 6.92 Å². The number of anilines is 1. The van der Waals surface area contributed by atoms with Gasteiger partial charge in [-0.15, -0.1) is 0 Å². The predicted molar refractivity (Wildman–Crippen MR) is 171 cm³/mol. The van der Waals surface area contributed by atoms with E-state index in [-0.39, 0.29) is 28.8 Å². The number of aryl methyl sites for hydroxylation is 1. The fourth-order valence-corrected chi connectivity index (χ4v) is 5.97. The zero-order valence-electron chi connectivity index (χ0n) is 26.7. The molecule has 3 aromatic carbocycles. The average Bonchev–Trinajstić information content (AvgIpc) is 2.98. The van der Waals surface area contributed by atoms with Crippen LogP contribution in [0.25, 0.3) is 0 Å². The van der Waals surface area contributed by atoms with Crippen molar-refractivity contribution in [3.8, 4) is 17.2 Å². The van der Waals surface area contributed by atoms with Gasteiger partial charge in [0.1, 0.15) is 18.3 Å². The second kappa shape index (κ2) is 14.5. The van der Waals surface area contributed by atoms with E-state index in [0.29, 0.717) is 18.1 Å². The normalized spacial score (nSPS) is 12.2. The topological polar surface area (TPSA) is 114 Å². The third-order valence-electron chi connectivity index (χ3n) is 6.93. The minimum atomic E-state index is -4.31. The van der Waals surface area contributed by atoms with Gasteiger partial charge in [-0.25, -0.2) is 8.42 Å². The van der Waals surface area contributed by atoms with Crippen LogP contribution in [-0.2, 0) is 26.2 Å². The first kappa shape index (κ1) is 34.2. The Morgan fingerprint density at radius 2 is 1.57 bits per heavy atom. The van der Waals surface area contributed by atoms with Crippen molar-refractivity contribution in [3.05, 3.63) is 77.9 Å². The first-order chi connectivity index (χ1) is 20.7. The highest BCUT2D eigenvalue weighted by Gasteiger charge is 2.34. The molecule has 1 N–H and O–H groups in total. The molecule has 0 fully saturated rings. The van der Waals surface area contributed by atoms with Crippen molar-refractivity contribution < 1.29 is 32.2 Å². The molecular weight excluding hydrogens is 582 g/mol. The van der Waals surface area contributed by atoms with Gasteiger partial charge >= 0.3 is 0 Å². The van der Waals surface area contributed by atoms with E-state index in [4.69, 9.17) is 14.2 Å². The Kier molecular flexibility index (Phi) is 11.3. The Hall–Kier alpha value is -4.25. The zero-order valence-corrected chi connectivity index (χ0v) is 27.5. The van der Waals surface area contributed by atoms with Crippen LogP contribution in [0.1, 0.15) is 45.7 Å². The van der Waals surface area contributed by atoms with E-state index >= 15 is 0 Å². The van der Waals surface area contributed by atoms with Gasteiger partial charge in [0.15, 0.2) is 11.5 Å². The zero-order chi connectivity index (χ0) is 32.7. The lowest BCUT2D eigenvalue weighted by atomic mass is 10.1. The van der Waals surface area contributed by atoms with Gasteiger partial charge in [0.25, 0.3) is 10.0 Å². The number of hydrogen-bond acceptors (Lipinski definition) is 7. The molecule has 0 bridgehead atoms. The summed E-state index contributed by atoms with van der Waals surface area (Å²) in [6.45, 7) is 11.0. The summed E-state index contributed by atoms with van der Waals surface area (Å²) < 4.78 is 45.7. The van der Waals surface area contributed by atoms with Crippen molar-refractivity contribution in [2.75, 3.05) is 31.7 Å². The number of benzene rings is 3. The van der Waals surface area contributed by atoms with Crippen LogP contribution in [0.4, 0.5) is 5.69 Å². The molecule has 3 rings (SSSR count). The molecule has 238 valence electrons. The number of ether oxygens (including phenoxy) is 3. The first-order valence-electron chi connectivity index (χ1n) is 14.4. The van der Waals surface area contributed by atoms with Gasteiger partial charge in [0, 0.05) is 18.2 Å². The molecule has 3 aromatic rings. The molecule has 10 nitrogen and oxygen atoms in total. The third-order valence-corrected chi connectivity index (χ3v) is 8.69. The Bertz CT molecular complexity index is 1550. The van der Waals surface area contributed by atoms with E-state index < -0.39 is 34.1 Å². The fraction of sp³-hybridized carbons (Fsp3) is 0.394. The van der Waals surface area contributed by atoms with Crippen LogP contribution >= 0.6 is 0 Å². The van der Waals surface area contributed by atoms with Gasteiger partial charge in [0.2, 0.25) is 11.8 Å². The van der Waals surface area contributed by atoms with E-state index in [1.165, 1.54) is 37.3 Å². The molecule has 0 aliphatic heterocycles. The molecule has 0 saturated carbocycles. The lowest BCUT2D eigenvalue weighted by molar-refractivity contribution is -0.140. The molecule has 1 atom stereocenters. The summed E-state index contributed by atoms with van der Waals surface area (Å²) in [6.07, 6.45) is 0. The van der Waals surface area contributed by atoms with E-state index in [1.807, 2.05) is 58.9 Å². The largest absolute Gasteiger partial charge is 0.494 e. The number of amides is 2. The molecule has 0 heterocycles. The molecule has 0 aliphatic rings. The summed E-state index contributed by atoms with van der Waals surface area (Å²) in [5.74, 6) is 0.232. The molecule has 0 saturated heterocycles. The van der Waals surface area contributed by atoms with Crippen molar-refractivity contribution in [1.82, 2.24) is 10.2 Å². The fourth-order valence-electron chi connectivity index (χ4n) is 4.54. The number of carbonyl (C=O) groups excluding carboxylic acids is 2. The molecule has 0 aliphatic carbocycles. The van der Waals surface area contributed by atoms with Crippen molar-refractivity contribution in [2.45, 2.75) is 64.6 Å². The Balaban J connectivity index is 2.10. The van der Waals surface area contributed by atoms with Crippen LogP contribution in [0.15, 0.2) is 71.6 Å². The van der Waals surface area contributed by atoms with E-state index in [2.05, 4.69) is 5.32 Å². The van der Waals surface area contributed by atoms with Gasteiger partial charge in [0.05, 0.1) is 31.4 Å². The summed E-state index contributed by atoms with van der Waals surface area (Å²) in [5.41, 5.74) is 1.49. The highest BCUT2D eigenvalue weighted by molar-refractivity contribution is 7.92. The van der Waals surface area contributed by atoms with E-state index in [1.54, 1.807) is 31.2 Å². The summed E-state index contributed by atoms with van der Waals surface area (Å²) in [4.78, 5) is 28.8. The van der Waals surface area contributed by atoms with Gasteiger partial charge in [-0.05, 0) is 89.1 Å². The number of hydrogen-bond donors (Lipinski definition) is 1. The second-order valence-electron chi connectivity index (χ2n) is 11.3. The van der Waals surface area contributed by atoms with Crippen LogP contribution in [0.5, 0.6) is 17.2 Å². The quantitative estimate of drug-likeness (QED) is 0.286. The van der Waals surface area contributed by atoms with E-state index in [0.717, 1.165) is 15.4 Å². The van der Waals surface area contributed by atoms with Crippen molar-refractivity contribution in [2.24, 2.45) is 0 Å². The Labute approximate surface area is 261 Å². The van der Waals surface area contributed by atoms with Gasteiger partial charge < -0.3 is 24.4 Å². The second-order valence-corrected chi connectivity index (χ2v) is 13.2. The van der Waals surface area contributed by atoms with Crippen LogP contribution in [0.3, 0.4) is 0 Å². The molecule has 0 unspecified atom stereocenters. The molecule has 44 heavy (non-hydrogen) atoms. The number of nitrogens with zero attached hydrogens (tertiary/aromatic N) is 2. The molecular formula is C33H43N3O7S. The molecule has 11 heteroatoms. The standard InChI is InChI=1S/C33H43N3O7S/c1-9-43-27-16-14-26(15-17-27)36(44(39,40)28-18-19-29(41-7)30(20-28)42-8)22-31(37)35(21-25-13-11-10-12-23(25)2)24(3)32(38)34-33(4,5)6/h10-20,24H,9,21-22H2,1-8H3,(H,34,38)/t24-/m0/s1. The monoisotopic (exact) mass is 625 g/mol. The number of sulfonamides is 1. The minimum absolute atomic E-state index is 0.0965. The maximum atomic E-state index is 14.2. The van der Waals surface area contributed by atoms with Crippen LogP contribution in [-0.4, -0.2) is 64.1 Å². The summed E-state index contributed by atoms with van der Waals surface area (Å²) >= 11 is 0. The summed E-state index contributed by atoms with van der Waals surface area (Å²) in [5, 5.41) is 2.93. The van der Waals surface area contributed by atoms with Crippen LogP contribution < -0.4 is 23.8 Å². The molecule has 0 spiro atoms. The van der Waals surface area contributed by atoms with Crippen molar-refractivity contribution in [1.29, 1.82) is 0 Å². The minimum Gasteiger partial charge on any atom is -0.494 e. The van der Waals surface area contributed by atoms with E-state index in [9.17, 15) is 18.0 Å². The number of methoxy groups -OCH3 is 2. The third kappa shape index (κ3) is 8.43. The molecule has 2 amide bonds. The Morgan fingerprint density at radius 3 is 2.14 bits per heavy atom. The first-order valence-corrected chi connectivity index (χ1v) is 15.8. The number of rotatable bonds is 13. The highest BCUT2D eigenvalue weighted by Crippen LogP contribution is 2.33. The SMILES string of the molecule is CCOc1ccc(N(CC(=O)N(Cc2ccccc2C)[C@@H](C)C(=O)NC(C)(C)C)S(=O)(=O)c2ccc(OC)c(OC)c2)cc1. The van der Waals surface area contributed by atoms with Gasteiger partial charge in [-0.2, -0.15) is 0 Å². The smallest absolute Gasteiger partial charge is 0.264 e. The highest BCUT2D eigenvalue weighted by atomic mass is 32.2. The van der Waals surface area contributed by atoms with Crippen molar-refractivity contribution >= 4 is 27.5 Å². The van der Waals surface area contributed by atoms with Gasteiger partial charge in [-0.3, -0.25) is 13.9 Å². The lowest BCUT2D eigenvalue weighted by Gasteiger charge is -2.33. The maximum Gasteiger partial charge on any atom is 0.264 e. The average molecular weight is 626 g/mol. The number of nitrogens with one attached hydrogen (secondary N) is 1.